The summed E-state index contributed by atoms with van der Waals surface area (Å²) in [4.78, 5) is 0. The molecule has 4 heteroatoms. The highest BCUT2D eigenvalue weighted by molar-refractivity contribution is 8.13. The molecule has 0 aromatic heterocycles. The minimum atomic E-state index is 0.0831. The third-order valence-electron chi connectivity index (χ3n) is 3.64. The molecular weight excluding hydrogens is 296 g/mol. The van der Waals surface area contributed by atoms with E-state index < -0.39 is 0 Å². The molecule has 1 rings (SSSR count). The first-order valence-electron chi connectivity index (χ1n) is 7.40. The van der Waals surface area contributed by atoms with Crippen molar-refractivity contribution in [1.29, 1.82) is 0 Å². The maximum Gasteiger partial charge on any atom is 0.0679 e. The number of thioether (sulfide) groups is 1. The molecule has 1 aliphatic rings. The van der Waals surface area contributed by atoms with Gasteiger partial charge in [-0.05, 0) is 12.8 Å². The van der Waals surface area contributed by atoms with Crippen molar-refractivity contribution in [3.8, 4) is 0 Å². The quantitative estimate of drug-likeness (QED) is 0.433. The minimum Gasteiger partial charge on any atom is -0.163 e. The molecule has 108 valence electrons. The topological polar surface area (TPSA) is 0 Å². The average molecular weight is 325 g/mol. The molecule has 0 spiro atoms. The van der Waals surface area contributed by atoms with E-state index in [9.17, 15) is 0 Å². The first-order chi connectivity index (χ1) is 8.70. The molecule has 0 saturated heterocycles. The summed E-state index contributed by atoms with van der Waals surface area (Å²) in [6, 6.07) is 0. The van der Waals surface area contributed by atoms with Gasteiger partial charge in [0.1, 0.15) is 0 Å². The second-order valence-electron chi connectivity index (χ2n) is 5.32. The minimum absolute atomic E-state index is 0.0831. The SMILES string of the molecule is SC(S)C(S)SC1CCCCCCCCCCC1. The number of thiol groups is 3. The summed E-state index contributed by atoms with van der Waals surface area (Å²) < 4.78 is 0.342. The van der Waals surface area contributed by atoms with Gasteiger partial charge in [0.2, 0.25) is 0 Å². The van der Waals surface area contributed by atoms with Crippen molar-refractivity contribution in [2.24, 2.45) is 0 Å². The van der Waals surface area contributed by atoms with Gasteiger partial charge in [0.25, 0.3) is 0 Å². The molecule has 0 aromatic carbocycles. The molecule has 18 heavy (non-hydrogen) atoms. The summed E-state index contributed by atoms with van der Waals surface area (Å²) in [5.41, 5.74) is 0. The molecule has 1 fully saturated rings. The Kier molecular flexibility index (Phi) is 10.8. The molecule has 0 amide bonds. The van der Waals surface area contributed by atoms with E-state index in [-0.39, 0.29) is 9.16 Å². The highest BCUT2D eigenvalue weighted by Gasteiger charge is 2.17. The fraction of sp³-hybridized carbons (Fsp3) is 1.00. The molecule has 1 unspecified atom stereocenters. The Morgan fingerprint density at radius 3 is 1.44 bits per heavy atom. The van der Waals surface area contributed by atoms with E-state index in [0.717, 1.165) is 5.25 Å². The van der Waals surface area contributed by atoms with E-state index >= 15 is 0 Å². The van der Waals surface area contributed by atoms with Crippen LogP contribution in [0.2, 0.25) is 0 Å². The van der Waals surface area contributed by atoms with E-state index in [4.69, 9.17) is 0 Å². The summed E-state index contributed by atoms with van der Waals surface area (Å²) >= 11 is 15.3. The van der Waals surface area contributed by atoms with Crippen molar-refractivity contribution < 1.29 is 0 Å². The van der Waals surface area contributed by atoms with E-state index in [1.165, 1.54) is 70.6 Å². The van der Waals surface area contributed by atoms with Crippen LogP contribution in [0.3, 0.4) is 0 Å². The van der Waals surface area contributed by atoms with Gasteiger partial charge in [-0.15, -0.1) is 11.8 Å². The summed E-state index contributed by atoms with van der Waals surface area (Å²) in [5, 5.41) is 0.772. The fourth-order valence-electron chi connectivity index (χ4n) is 2.53. The molecule has 1 saturated carbocycles. The van der Waals surface area contributed by atoms with Crippen molar-refractivity contribution in [2.45, 2.75) is 85.0 Å². The average Bonchev–Trinajstić information content (AvgIpc) is 2.32. The second kappa shape index (κ2) is 11.1. The molecule has 0 heterocycles. The van der Waals surface area contributed by atoms with Gasteiger partial charge in [-0.1, -0.05) is 57.8 Å². The largest absolute Gasteiger partial charge is 0.163 e. The van der Waals surface area contributed by atoms with Crippen LogP contribution in [-0.4, -0.2) is 14.4 Å². The summed E-state index contributed by atoms with van der Waals surface area (Å²) in [5.74, 6) is 0. The van der Waals surface area contributed by atoms with Crippen molar-refractivity contribution in [1.82, 2.24) is 0 Å². The normalized spacial score (nSPS) is 23.3. The highest BCUT2D eigenvalue weighted by atomic mass is 32.2. The van der Waals surface area contributed by atoms with Crippen LogP contribution in [-0.2, 0) is 0 Å². The molecule has 0 nitrogen and oxygen atoms in total. The van der Waals surface area contributed by atoms with Crippen LogP contribution in [0.25, 0.3) is 0 Å². The van der Waals surface area contributed by atoms with Crippen molar-refractivity contribution in [3.05, 3.63) is 0 Å². The Morgan fingerprint density at radius 2 is 1.06 bits per heavy atom. The van der Waals surface area contributed by atoms with Crippen molar-refractivity contribution >= 4 is 49.6 Å². The van der Waals surface area contributed by atoms with Crippen LogP contribution < -0.4 is 0 Å². The van der Waals surface area contributed by atoms with E-state index in [2.05, 4.69) is 37.9 Å². The summed E-state index contributed by atoms with van der Waals surface area (Å²) in [6.45, 7) is 0. The van der Waals surface area contributed by atoms with Crippen LogP contribution in [0, 0.1) is 0 Å². The van der Waals surface area contributed by atoms with Gasteiger partial charge < -0.3 is 0 Å². The maximum absolute atomic E-state index is 4.59. The first kappa shape index (κ1) is 17.5. The third-order valence-corrected chi connectivity index (χ3v) is 7.18. The van der Waals surface area contributed by atoms with Crippen LogP contribution in [0.5, 0.6) is 0 Å². The number of hydrogen-bond acceptors (Lipinski definition) is 4. The Bertz CT molecular complexity index is 184. The molecular formula is C14H28S4. The van der Waals surface area contributed by atoms with Gasteiger partial charge in [0.15, 0.2) is 0 Å². The predicted octanol–water partition coefficient (Wildman–Crippen LogP) is 5.83. The van der Waals surface area contributed by atoms with Crippen LogP contribution in [0.4, 0.5) is 0 Å². The zero-order valence-electron chi connectivity index (χ0n) is 11.3. The van der Waals surface area contributed by atoms with Gasteiger partial charge in [-0.25, -0.2) is 0 Å². The van der Waals surface area contributed by atoms with Crippen LogP contribution in [0.15, 0.2) is 0 Å². The van der Waals surface area contributed by atoms with Gasteiger partial charge >= 0.3 is 0 Å². The lowest BCUT2D eigenvalue weighted by Gasteiger charge is -2.22. The Balaban J connectivity index is 2.31. The second-order valence-corrected chi connectivity index (χ2v) is 9.19. The molecule has 0 aliphatic heterocycles. The monoisotopic (exact) mass is 324 g/mol. The Labute approximate surface area is 134 Å². The van der Waals surface area contributed by atoms with Crippen LogP contribution in [0.1, 0.15) is 70.6 Å². The van der Waals surface area contributed by atoms with Gasteiger partial charge in [0, 0.05) is 5.25 Å². The maximum atomic E-state index is 4.59. The molecule has 0 aromatic rings. The van der Waals surface area contributed by atoms with Crippen LogP contribution >= 0.6 is 49.6 Å². The zero-order chi connectivity index (χ0) is 13.2. The van der Waals surface area contributed by atoms with Gasteiger partial charge in [-0.3, -0.25) is 0 Å². The molecule has 0 radical (unpaired) electrons. The van der Waals surface area contributed by atoms with Crippen molar-refractivity contribution in [2.75, 3.05) is 0 Å². The molecule has 1 atom stereocenters. The molecule has 0 bridgehead atoms. The van der Waals surface area contributed by atoms with E-state index in [1.807, 2.05) is 11.8 Å². The third kappa shape index (κ3) is 8.55. The lowest BCUT2D eigenvalue weighted by molar-refractivity contribution is 0.510. The standard InChI is InChI=1S/C14H28S4/c15-13(16)14(17)18-12-10-8-6-4-2-1-3-5-7-9-11-12/h12-17H,1-11H2. The van der Waals surface area contributed by atoms with E-state index in [1.54, 1.807) is 0 Å². The smallest absolute Gasteiger partial charge is 0.0679 e. The van der Waals surface area contributed by atoms with E-state index in [0.29, 0.717) is 0 Å². The number of rotatable bonds is 3. The Morgan fingerprint density at radius 1 is 0.667 bits per heavy atom. The zero-order valence-corrected chi connectivity index (χ0v) is 14.8. The van der Waals surface area contributed by atoms with Crippen molar-refractivity contribution in [3.63, 3.8) is 0 Å². The molecule has 0 N–H and O–H groups in total. The fourth-order valence-corrected chi connectivity index (χ4v) is 4.61. The predicted molar refractivity (Wildman–Crippen MR) is 96.7 cm³/mol. The lowest BCUT2D eigenvalue weighted by atomic mass is 10.0. The first-order valence-corrected chi connectivity index (χ1v) is 9.89. The Hall–Kier alpha value is 1.40. The van der Waals surface area contributed by atoms with Gasteiger partial charge in [0.05, 0.1) is 9.16 Å². The number of hydrogen-bond donors (Lipinski definition) is 3. The van der Waals surface area contributed by atoms with Gasteiger partial charge in [-0.2, -0.15) is 37.9 Å². The highest BCUT2D eigenvalue weighted by Crippen LogP contribution is 2.33. The summed E-state index contributed by atoms with van der Waals surface area (Å²) in [7, 11) is 0. The lowest BCUT2D eigenvalue weighted by Crippen LogP contribution is -2.12. The molecule has 1 aliphatic carbocycles. The summed E-state index contributed by atoms with van der Waals surface area (Å²) in [6.07, 6.45) is 15.5.